The molecule has 3 fully saturated rings. The summed E-state index contributed by atoms with van der Waals surface area (Å²) in [6, 6.07) is 0. The van der Waals surface area contributed by atoms with Crippen molar-refractivity contribution in [1.29, 1.82) is 0 Å². The van der Waals surface area contributed by atoms with Crippen LogP contribution in [-0.4, -0.2) is 39.4 Å². The van der Waals surface area contributed by atoms with Gasteiger partial charge in [-0.3, -0.25) is 4.79 Å². The predicted molar refractivity (Wildman–Crippen MR) is 85.5 cm³/mol. The van der Waals surface area contributed by atoms with E-state index in [-0.39, 0.29) is 34.6 Å². The summed E-state index contributed by atoms with van der Waals surface area (Å²) in [4.78, 5) is 11.8. The van der Waals surface area contributed by atoms with Crippen LogP contribution in [0.25, 0.3) is 0 Å². The molecule has 0 heterocycles. The van der Waals surface area contributed by atoms with Crippen LogP contribution in [-0.2, 0) is 4.79 Å². The Bertz CT molecular complexity index is 570. The summed E-state index contributed by atoms with van der Waals surface area (Å²) in [6.45, 7) is 4.32. The molecule has 0 unspecified atom stereocenters. The third-order valence-electron chi connectivity index (χ3n) is 7.65. The van der Waals surface area contributed by atoms with E-state index in [1.54, 1.807) is 6.08 Å². The summed E-state index contributed by atoms with van der Waals surface area (Å²) >= 11 is 0. The molecule has 0 radical (unpaired) electrons. The van der Waals surface area contributed by atoms with Crippen molar-refractivity contribution in [3.8, 4) is 0 Å². The van der Waals surface area contributed by atoms with E-state index in [1.807, 2.05) is 0 Å². The van der Waals surface area contributed by atoms with Crippen molar-refractivity contribution in [3.63, 3.8) is 0 Å². The highest BCUT2D eigenvalue weighted by Crippen LogP contribution is 2.65. The normalized spacial score (nSPS) is 55.7. The smallest absolute Gasteiger partial charge is 0.155 e. The Labute approximate surface area is 137 Å². The lowest BCUT2D eigenvalue weighted by Gasteiger charge is -2.60. The zero-order chi connectivity index (χ0) is 16.6. The van der Waals surface area contributed by atoms with Crippen LogP contribution in [0.2, 0.25) is 0 Å². The maximum atomic E-state index is 11.8. The van der Waals surface area contributed by atoms with Gasteiger partial charge in [-0.25, -0.2) is 0 Å². The van der Waals surface area contributed by atoms with E-state index in [0.717, 1.165) is 31.3 Å². The molecule has 0 aromatic carbocycles. The molecule has 23 heavy (non-hydrogen) atoms. The van der Waals surface area contributed by atoms with Gasteiger partial charge < -0.3 is 15.3 Å². The summed E-state index contributed by atoms with van der Waals surface area (Å²) in [5.41, 5.74) is 0.531. The fraction of sp³-hybridized carbons (Fsp3) is 0.842. The average molecular weight is 320 g/mol. The van der Waals surface area contributed by atoms with Gasteiger partial charge in [0.25, 0.3) is 0 Å². The Morgan fingerprint density at radius 2 is 1.87 bits per heavy atom. The van der Waals surface area contributed by atoms with Gasteiger partial charge in [-0.05, 0) is 72.3 Å². The molecule has 4 rings (SSSR count). The van der Waals surface area contributed by atoms with E-state index in [9.17, 15) is 20.1 Å². The number of ketones is 1. The van der Waals surface area contributed by atoms with Crippen LogP contribution >= 0.6 is 0 Å². The highest BCUT2D eigenvalue weighted by molar-refractivity contribution is 5.91. The number of carbonyl (C=O) groups is 1. The molecule has 0 spiro atoms. The van der Waals surface area contributed by atoms with Gasteiger partial charge in [-0.1, -0.05) is 13.8 Å². The number of fused-ring (bicyclic) bond motifs is 5. The Hall–Kier alpha value is -0.710. The molecule has 4 aliphatic rings. The highest BCUT2D eigenvalue weighted by atomic mass is 16.3. The van der Waals surface area contributed by atoms with Gasteiger partial charge in [0.2, 0.25) is 0 Å². The lowest BCUT2D eigenvalue weighted by Crippen LogP contribution is -2.58. The minimum Gasteiger partial charge on any atom is -0.393 e. The van der Waals surface area contributed by atoms with E-state index in [0.29, 0.717) is 18.8 Å². The average Bonchev–Trinajstić information content (AvgIpc) is 2.74. The van der Waals surface area contributed by atoms with Crippen molar-refractivity contribution in [2.75, 3.05) is 0 Å². The molecule has 0 aromatic heterocycles. The summed E-state index contributed by atoms with van der Waals surface area (Å²) in [7, 11) is 0. The van der Waals surface area contributed by atoms with Crippen molar-refractivity contribution in [2.45, 2.75) is 70.7 Å². The van der Waals surface area contributed by atoms with E-state index < -0.39 is 12.2 Å². The van der Waals surface area contributed by atoms with E-state index in [1.165, 1.54) is 0 Å². The molecule has 3 N–H and O–H groups in total. The Balaban J connectivity index is 1.77. The maximum Gasteiger partial charge on any atom is 0.155 e. The third-order valence-corrected chi connectivity index (χ3v) is 7.65. The molecule has 0 saturated heterocycles. The van der Waals surface area contributed by atoms with E-state index in [4.69, 9.17) is 0 Å². The summed E-state index contributed by atoms with van der Waals surface area (Å²) in [5.74, 6) is 0.776. The Morgan fingerprint density at radius 1 is 1.13 bits per heavy atom. The molecule has 8 atom stereocenters. The van der Waals surface area contributed by atoms with Gasteiger partial charge >= 0.3 is 0 Å². The predicted octanol–water partition coefficient (Wildman–Crippen LogP) is 1.82. The van der Waals surface area contributed by atoms with Crippen LogP contribution in [0.15, 0.2) is 11.6 Å². The monoisotopic (exact) mass is 320 g/mol. The Morgan fingerprint density at radius 3 is 2.61 bits per heavy atom. The second kappa shape index (κ2) is 4.90. The first-order valence-corrected chi connectivity index (χ1v) is 9.04. The summed E-state index contributed by atoms with van der Waals surface area (Å²) in [6.07, 6.45) is 4.47. The van der Waals surface area contributed by atoms with Crippen LogP contribution < -0.4 is 0 Å². The van der Waals surface area contributed by atoms with E-state index in [2.05, 4.69) is 13.8 Å². The molecular formula is C19H28O4. The molecule has 0 bridgehead atoms. The van der Waals surface area contributed by atoms with Gasteiger partial charge in [0.05, 0.1) is 18.3 Å². The fourth-order valence-electron chi connectivity index (χ4n) is 6.78. The van der Waals surface area contributed by atoms with Crippen LogP contribution in [0, 0.1) is 28.6 Å². The molecule has 4 nitrogen and oxygen atoms in total. The maximum absolute atomic E-state index is 11.8. The lowest BCUT2D eigenvalue weighted by atomic mass is 9.46. The first kappa shape index (κ1) is 15.8. The summed E-state index contributed by atoms with van der Waals surface area (Å²) in [5, 5.41) is 31.9. The molecule has 3 saturated carbocycles. The van der Waals surface area contributed by atoms with Crippen molar-refractivity contribution >= 4 is 5.78 Å². The van der Waals surface area contributed by atoms with Crippen LogP contribution in [0.5, 0.6) is 0 Å². The van der Waals surface area contributed by atoms with Crippen LogP contribution in [0.1, 0.15) is 52.4 Å². The molecule has 0 amide bonds. The second-order valence-corrected chi connectivity index (χ2v) is 9.05. The number of aliphatic hydroxyl groups excluding tert-OH is 3. The number of hydrogen-bond acceptors (Lipinski definition) is 4. The van der Waals surface area contributed by atoms with Crippen molar-refractivity contribution in [2.24, 2.45) is 28.6 Å². The first-order chi connectivity index (χ1) is 10.7. The molecule has 0 aromatic rings. The number of aliphatic hydroxyl groups is 3. The lowest BCUT2D eigenvalue weighted by molar-refractivity contribution is -0.139. The van der Waals surface area contributed by atoms with Crippen molar-refractivity contribution in [1.82, 2.24) is 0 Å². The quantitative estimate of drug-likeness (QED) is 0.636. The number of rotatable bonds is 0. The van der Waals surface area contributed by atoms with E-state index >= 15 is 0 Å². The molecule has 0 aliphatic heterocycles. The number of hydrogen-bond donors (Lipinski definition) is 3. The molecule has 4 heteroatoms. The molecule has 128 valence electrons. The van der Waals surface area contributed by atoms with Gasteiger partial charge in [0.1, 0.15) is 0 Å². The third kappa shape index (κ3) is 2.11. The second-order valence-electron chi connectivity index (χ2n) is 9.05. The zero-order valence-electron chi connectivity index (χ0n) is 14.0. The minimum atomic E-state index is -0.585. The Kier molecular flexibility index (Phi) is 3.37. The SMILES string of the molecule is C[C@@]12C[C@@H](O)C[C@H]1[C@@H]1C[C@@H](O)C3=CC(=O)CC[C@]3(C)[C@H]1[C@H](O)C2. The van der Waals surface area contributed by atoms with Gasteiger partial charge in [0, 0.05) is 6.42 Å². The highest BCUT2D eigenvalue weighted by Gasteiger charge is 2.62. The topological polar surface area (TPSA) is 77.8 Å². The largest absolute Gasteiger partial charge is 0.393 e. The fourth-order valence-corrected chi connectivity index (χ4v) is 6.78. The molecular weight excluding hydrogens is 292 g/mol. The first-order valence-electron chi connectivity index (χ1n) is 9.04. The van der Waals surface area contributed by atoms with Gasteiger partial charge in [-0.15, -0.1) is 0 Å². The number of carbonyl (C=O) groups excluding carboxylic acids is 1. The summed E-state index contributed by atoms with van der Waals surface area (Å²) < 4.78 is 0. The van der Waals surface area contributed by atoms with Crippen molar-refractivity contribution < 1.29 is 20.1 Å². The minimum absolute atomic E-state index is 0.0260. The molecule has 4 aliphatic carbocycles. The standard InChI is InChI=1S/C19H28O4/c1-18-8-11(21)6-13(18)12-7-15(22)14-5-10(20)3-4-19(14,2)17(12)16(23)9-18/h5,11-13,15-17,21-23H,3-4,6-9H2,1-2H3/t11-,12-,13-,15+,16+,17+,18-,19-/m0/s1. The van der Waals surface area contributed by atoms with Gasteiger partial charge in [0.15, 0.2) is 5.78 Å². The van der Waals surface area contributed by atoms with Crippen LogP contribution in [0.3, 0.4) is 0 Å². The van der Waals surface area contributed by atoms with Crippen LogP contribution in [0.4, 0.5) is 0 Å². The zero-order valence-corrected chi connectivity index (χ0v) is 14.0. The van der Waals surface area contributed by atoms with Gasteiger partial charge in [-0.2, -0.15) is 0 Å². The van der Waals surface area contributed by atoms with Crippen molar-refractivity contribution in [3.05, 3.63) is 11.6 Å².